The standard InChI is InChI=1S/C24H32N2O6S.ClH/c1-3-14-32-20-6-4-18(5-7-20)23(24(27)28)26-16-17-12-13-25-22(15-17)33(29,30)21-10-8-19(31-2)9-11-21;/h8-13,15,18,20,23,26H,3-7,14,16H2,1-2H3,(H,27,28);1H/t18-,20-,23-;/m1./s1. The molecule has 2 aromatic rings. The zero-order chi connectivity index (χ0) is 23.8. The fourth-order valence-corrected chi connectivity index (χ4v) is 5.38. The van der Waals surface area contributed by atoms with Crippen LogP contribution < -0.4 is 10.1 Å². The lowest BCUT2D eigenvalue weighted by molar-refractivity contribution is -0.141. The number of hydrogen-bond acceptors (Lipinski definition) is 7. The number of carboxylic acid groups (broad SMARTS) is 1. The van der Waals surface area contributed by atoms with E-state index in [9.17, 15) is 18.3 Å². The maximum atomic E-state index is 13.0. The topological polar surface area (TPSA) is 115 Å². The van der Waals surface area contributed by atoms with Crippen molar-refractivity contribution in [2.45, 2.75) is 67.6 Å². The predicted molar refractivity (Wildman–Crippen MR) is 130 cm³/mol. The van der Waals surface area contributed by atoms with Gasteiger partial charge in [0.1, 0.15) is 11.8 Å². The Kier molecular flexibility index (Phi) is 10.8. The lowest BCUT2D eigenvalue weighted by Gasteiger charge is -2.32. The second kappa shape index (κ2) is 13.0. The Labute approximate surface area is 207 Å². The summed E-state index contributed by atoms with van der Waals surface area (Å²) in [4.78, 5) is 16.1. The number of sulfone groups is 1. The molecular formula is C24H33ClN2O6S. The van der Waals surface area contributed by atoms with E-state index in [4.69, 9.17) is 9.47 Å². The van der Waals surface area contributed by atoms with Gasteiger partial charge in [-0.15, -0.1) is 12.4 Å². The Morgan fingerprint density at radius 1 is 1.18 bits per heavy atom. The van der Waals surface area contributed by atoms with Crippen LogP contribution in [0.4, 0.5) is 0 Å². The first-order valence-electron chi connectivity index (χ1n) is 11.3. The van der Waals surface area contributed by atoms with Gasteiger partial charge < -0.3 is 19.9 Å². The number of nitrogens with zero attached hydrogens (tertiary/aromatic N) is 1. The number of rotatable bonds is 11. The molecule has 1 aromatic heterocycles. The number of pyridine rings is 1. The molecule has 3 rings (SSSR count). The highest BCUT2D eigenvalue weighted by Crippen LogP contribution is 2.29. The van der Waals surface area contributed by atoms with Crippen LogP contribution in [0.2, 0.25) is 0 Å². The minimum atomic E-state index is -3.80. The number of hydrogen-bond donors (Lipinski definition) is 2. The minimum Gasteiger partial charge on any atom is -0.497 e. The van der Waals surface area contributed by atoms with Crippen LogP contribution in [0.3, 0.4) is 0 Å². The molecule has 0 bridgehead atoms. The van der Waals surface area contributed by atoms with Crippen LogP contribution in [-0.2, 0) is 25.9 Å². The van der Waals surface area contributed by atoms with E-state index in [0.29, 0.717) is 11.3 Å². The number of carbonyl (C=O) groups is 1. The lowest BCUT2D eigenvalue weighted by atomic mass is 9.82. The number of methoxy groups -OCH3 is 1. The summed E-state index contributed by atoms with van der Waals surface area (Å²) in [6, 6.07) is 8.58. The quantitative estimate of drug-likeness (QED) is 0.466. The Bertz CT molecular complexity index is 1020. The maximum Gasteiger partial charge on any atom is 0.320 e. The molecule has 2 N–H and O–H groups in total. The molecule has 1 fully saturated rings. The third kappa shape index (κ3) is 7.15. The zero-order valence-electron chi connectivity index (χ0n) is 19.5. The van der Waals surface area contributed by atoms with E-state index >= 15 is 0 Å². The predicted octanol–water partition coefficient (Wildman–Crippen LogP) is 3.87. The number of benzene rings is 1. The second-order valence-electron chi connectivity index (χ2n) is 8.29. The summed E-state index contributed by atoms with van der Waals surface area (Å²) in [5, 5.41) is 12.8. The molecule has 1 saturated carbocycles. The van der Waals surface area contributed by atoms with Crippen molar-refractivity contribution in [1.29, 1.82) is 0 Å². The van der Waals surface area contributed by atoms with Crippen LogP contribution in [0, 0.1) is 5.92 Å². The van der Waals surface area contributed by atoms with Crippen molar-refractivity contribution in [3.05, 3.63) is 48.2 Å². The molecule has 10 heteroatoms. The highest BCUT2D eigenvalue weighted by Gasteiger charge is 2.32. The summed E-state index contributed by atoms with van der Waals surface area (Å²) in [5.74, 6) is -0.327. The second-order valence-corrected chi connectivity index (χ2v) is 10.2. The van der Waals surface area contributed by atoms with Gasteiger partial charge >= 0.3 is 5.97 Å². The Morgan fingerprint density at radius 2 is 1.85 bits per heavy atom. The smallest absolute Gasteiger partial charge is 0.320 e. The molecule has 8 nitrogen and oxygen atoms in total. The number of halogens is 1. The van der Waals surface area contributed by atoms with Crippen molar-refractivity contribution in [2.75, 3.05) is 13.7 Å². The van der Waals surface area contributed by atoms with E-state index in [-0.39, 0.29) is 40.9 Å². The molecule has 34 heavy (non-hydrogen) atoms. The molecule has 0 radical (unpaired) electrons. The molecule has 0 unspecified atom stereocenters. The van der Waals surface area contributed by atoms with Gasteiger partial charge in [0.25, 0.3) is 0 Å². The third-order valence-corrected chi connectivity index (χ3v) is 7.65. The van der Waals surface area contributed by atoms with Crippen molar-refractivity contribution in [1.82, 2.24) is 10.3 Å². The van der Waals surface area contributed by atoms with E-state index in [1.54, 1.807) is 18.2 Å². The van der Waals surface area contributed by atoms with Crippen molar-refractivity contribution in [3.63, 3.8) is 0 Å². The number of nitrogens with one attached hydrogen (secondary N) is 1. The van der Waals surface area contributed by atoms with Gasteiger partial charge in [0.05, 0.1) is 18.1 Å². The van der Waals surface area contributed by atoms with E-state index in [1.165, 1.54) is 31.5 Å². The van der Waals surface area contributed by atoms with Gasteiger partial charge in [0.15, 0.2) is 5.03 Å². The summed E-state index contributed by atoms with van der Waals surface area (Å²) in [5.41, 5.74) is 0.656. The highest BCUT2D eigenvalue weighted by atomic mass is 35.5. The Hall–Kier alpha value is -2.20. The van der Waals surface area contributed by atoms with Crippen molar-refractivity contribution in [3.8, 4) is 5.75 Å². The van der Waals surface area contributed by atoms with Gasteiger partial charge in [-0.05, 0) is 80.0 Å². The van der Waals surface area contributed by atoms with Gasteiger partial charge in [0.2, 0.25) is 9.84 Å². The van der Waals surface area contributed by atoms with Crippen molar-refractivity contribution >= 4 is 28.2 Å². The summed E-state index contributed by atoms with van der Waals surface area (Å²) in [6.07, 6.45) is 5.89. The highest BCUT2D eigenvalue weighted by molar-refractivity contribution is 7.91. The van der Waals surface area contributed by atoms with E-state index in [0.717, 1.165) is 38.7 Å². The first-order valence-corrected chi connectivity index (χ1v) is 12.7. The van der Waals surface area contributed by atoms with Crippen LogP contribution in [0.25, 0.3) is 0 Å². The van der Waals surface area contributed by atoms with Gasteiger partial charge in [-0.2, -0.15) is 0 Å². The first kappa shape index (κ1) is 28.0. The molecule has 1 aliphatic rings. The monoisotopic (exact) mass is 512 g/mol. The summed E-state index contributed by atoms with van der Waals surface area (Å²) < 4.78 is 36.8. The van der Waals surface area contributed by atoms with E-state index in [2.05, 4.69) is 17.2 Å². The van der Waals surface area contributed by atoms with Crippen molar-refractivity contribution in [2.24, 2.45) is 5.92 Å². The number of carboxylic acids is 1. The molecule has 0 aliphatic heterocycles. The Morgan fingerprint density at radius 3 is 2.44 bits per heavy atom. The van der Waals surface area contributed by atoms with Crippen LogP contribution in [0.15, 0.2) is 52.5 Å². The summed E-state index contributed by atoms with van der Waals surface area (Å²) in [7, 11) is -2.29. The summed E-state index contributed by atoms with van der Waals surface area (Å²) >= 11 is 0. The fourth-order valence-electron chi connectivity index (χ4n) is 4.14. The average Bonchev–Trinajstić information content (AvgIpc) is 2.83. The van der Waals surface area contributed by atoms with E-state index in [1.807, 2.05) is 0 Å². The SMILES string of the molecule is CCCO[C@H]1CC[C@H]([C@@H](NCc2ccnc(S(=O)(=O)c3ccc(OC)cc3)c2)C(=O)O)CC1.Cl. The molecule has 188 valence electrons. The zero-order valence-corrected chi connectivity index (χ0v) is 21.1. The van der Waals surface area contributed by atoms with Crippen LogP contribution in [0.5, 0.6) is 5.75 Å². The largest absolute Gasteiger partial charge is 0.497 e. The molecule has 1 aromatic carbocycles. The number of aromatic nitrogens is 1. The molecule has 0 saturated heterocycles. The molecule has 1 heterocycles. The van der Waals surface area contributed by atoms with Crippen LogP contribution in [-0.4, -0.2) is 50.3 Å². The average molecular weight is 513 g/mol. The number of aliphatic carboxylic acids is 1. The lowest BCUT2D eigenvalue weighted by Crippen LogP contribution is -2.44. The Balaban J connectivity index is 0.00000408. The minimum absolute atomic E-state index is 0. The fraction of sp³-hybridized carbons (Fsp3) is 0.500. The molecular weight excluding hydrogens is 480 g/mol. The van der Waals surface area contributed by atoms with Crippen LogP contribution in [0.1, 0.15) is 44.6 Å². The van der Waals surface area contributed by atoms with Gasteiger partial charge in [-0.1, -0.05) is 6.92 Å². The van der Waals surface area contributed by atoms with E-state index < -0.39 is 21.8 Å². The van der Waals surface area contributed by atoms with Gasteiger partial charge in [0, 0.05) is 19.3 Å². The molecule has 1 aliphatic carbocycles. The summed E-state index contributed by atoms with van der Waals surface area (Å²) in [6.45, 7) is 3.04. The normalized spacial score (nSPS) is 19.1. The first-order chi connectivity index (χ1) is 15.8. The van der Waals surface area contributed by atoms with Gasteiger partial charge in [-0.3, -0.25) is 4.79 Å². The molecule has 1 atom stereocenters. The third-order valence-electron chi connectivity index (χ3n) is 5.98. The van der Waals surface area contributed by atoms with Gasteiger partial charge in [-0.25, -0.2) is 13.4 Å². The number of ether oxygens (including phenoxy) is 2. The maximum absolute atomic E-state index is 13.0. The van der Waals surface area contributed by atoms with Crippen molar-refractivity contribution < 1.29 is 27.8 Å². The molecule has 0 amide bonds. The van der Waals surface area contributed by atoms with Crippen LogP contribution >= 0.6 is 12.4 Å². The molecule has 0 spiro atoms.